The summed E-state index contributed by atoms with van der Waals surface area (Å²) in [7, 11) is 0. The van der Waals surface area contributed by atoms with Crippen LogP contribution in [0.5, 0.6) is 0 Å². The summed E-state index contributed by atoms with van der Waals surface area (Å²) in [4.78, 5) is 34.5. The number of anilines is 1. The van der Waals surface area contributed by atoms with Gasteiger partial charge in [0, 0.05) is 18.7 Å². The van der Waals surface area contributed by atoms with E-state index in [1.807, 2.05) is 24.3 Å². The molecule has 5 N–H and O–H groups in total. The van der Waals surface area contributed by atoms with Gasteiger partial charge in [-0.3, -0.25) is 14.4 Å². The Morgan fingerprint density at radius 3 is 2.36 bits per heavy atom. The number of carbonyl (C=O) groups is 3. The highest BCUT2D eigenvalue weighted by molar-refractivity contribution is 5.90. The Bertz CT molecular complexity index is 729. The lowest BCUT2D eigenvalue weighted by Gasteiger charge is -2.09. The number of carbonyl (C=O) groups excluding carboxylic acids is 2. The van der Waals surface area contributed by atoms with E-state index in [-0.39, 0.29) is 24.2 Å². The minimum Gasteiger partial charge on any atom is -0.480 e. The van der Waals surface area contributed by atoms with Gasteiger partial charge >= 0.3 is 5.97 Å². The summed E-state index contributed by atoms with van der Waals surface area (Å²) in [6.07, 6.45) is 10.5. The number of carboxylic acid groups (broad SMARTS) is 1. The fourth-order valence-electron chi connectivity index (χ4n) is 2.81. The predicted molar refractivity (Wildman–Crippen MR) is 108 cm³/mol. The summed E-state index contributed by atoms with van der Waals surface area (Å²) in [6, 6.07) is 6.06. The van der Waals surface area contributed by atoms with Crippen LogP contribution in [0.15, 0.2) is 48.6 Å². The maximum Gasteiger partial charge on any atom is 0.320 e. The van der Waals surface area contributed by atoms with E-state index in [1.165, 1.54) is 0 Å². The number of rotatable bonds is 11. The highest BCUT2D eigenvalue weighted by atomic mass is 16.4. The van der Waals surface area contributed by atoms with Crippen molar-refractivity contribution in [1.29, 1.82) is 0 Å². The molecule has 2 rings (SSSR count). The van der Waals surface area contributed by atoms with Crippen LogP contribution >= 0.6 is 0 Å². The molecule has 1 aromatic carbocycles. The molecule has 1 aliphatic rings. The molecule has 7 nitrogen and oxygen atoms in total. The molecule has 7 heteroatoms. The van der Waals surface area contributed by atoms with Crippen molar-refractivity contribution in [2.24, 2.45) is 11.7 Å². The SMILES string of the molecule is NC(Cc1ccc(NC(=O)CCCCCNC(=O)C2C=CC=C2)cc1)C(=O)O. The molecule has 28 heavy (non-hydrogen) atoms. The van der Waals surface area contributed by atoms with E-state index in [2.05, 4.69) is 10.6 Å². The first kappa shape index (κ1) is 21.4. The largest absolute Gasteiger partial charge is 0.480 e. The molecule has 1 unspecified atom stereocenters. The number of nitrogens with one attached hydrogen (secondary N) is 2. The van der Waals surface area contributed by atoms with Crippen LogP contribution in [0.3, 0.4) is 0 Å². The van der Waals surface area contributed by atoms with Crippen LogP contribution in [-0.4, -0.2) is 35.5 Å². The van der Waals surface area contributed by atoms with Crippen LogP contribution in [0.1, 0.15) is 31.2 Å². The van der Waals surface area contributed by atoms with Crippen LogP contribution in [0.4, 0.5) is 5.69 Å². The molecular formula is C21H27N3O4. The minimum absolute atomic E-state index is 0.00972. The molecule has 0 radical (unpaired) electrons. The number of carboxylic acids is 1. The zero-order valence-electron chi connectivity index (χ0n) is 15.8. The standard InChI is InChI=1S/C21H27N3O4/c22-18(21(27)28)14-15-9-11-17(12-10-15)24-19(25)8-2-1-5-13-23-20(26)16-6-3-4-7-16/h3-4,6-7,9-12,16,18H,1-2,5,8,13-14,22H2,(H,23,26)(H,24,25)(H,27,28). The fourth-order valence-corrected chi connectivity index (χ4v) is 2.81. The van der Waals surface area contributed by atoms with Crippen LogP contribution < -0.4 is 16.4 Å². The Balaban J connectivity index is 1.58. The van der Waals surface area contributed by atoms with E-state index in [9.17, 15) is 14.4 Å². The maximum absolute atomic E-state index is 12.0. The molecule has 0 fully saturated rings. The van der Waals surface area contributed by atoms with E-state index < -0.39 is 12.0 Å². The lowest BCUT2D eigenvalue weighted by molar-refractivity contribution is -0.138. The van der Waals surface area contributed by atoms with Crippen LogP contribution in [0.25, 0.3) is 0 Å². The number of benzene rings is 1. The monoisotopic (exact) mass is 385 g/mol. The van der Waals surface area contributed by atoms with E-state index in [0.717, 1.165) is 24.8 Å². The first-order valence-electron chi connectivity index (χ1n) is 9.45. The van der Waals surface area contributed by atoms with E-state index >= 15 is 0 Å². The molecule has 0 aliphatic heterocycles. The zero-order chi connectivity index (χ0) is 20.4. The summed E-state index contributed by atoms with van der Waals surface area (Å²) in [5.41, 5.74) is 6.98. The second-order valence-electron chi connectivity index (χ2n) is 6.79. The zero-order valence-corrected chi connectivity index (χ0v) is 15.8. The molecule has 1 atom stereocenters. The first-order valence-corrected chi connectivity index (χ1v) is 9.45. The van der Waals surface area contributed by atoms with Crippen molar-refractivity contribution in [3.05, 3.63) is 54.1 Å². The number of allylic oxidation sites excluding steroid dienone is 2. The molecule has 2 amide bonds. The van der Waals surface area contributed by atoms with Crippen molar-refractivity contribution in [2.45, 2.75) is 38.1 Å². The first-order chi connectivity index (χ1) is 13.5. The summed E-state index contributed by atoms with van der Waals surface area (Å²) in [5, 5.41) is 14.5. The van der Waals surface area contributed by atoms with Crippen LogP contribution in [0, 0.1) is 5.92 Å². The molecule has 0 bridgehead atoms. The number of hydrogen-bond donors (Lipinski definition) is 4. The Morgan fingerprint density at radius 2 is 1.71 bits per heavy atom. The lowest BCUT2D eigenvalue weighted by atomic mass is 10.1. The van der Waals surface area contributed by atoms with E-state index in [0.29, 0.717) is 18.7 Å². The maximum atomic E-state index is 12.0. The van der Waals surface area contributed by atoms with Crippen molar-refractivity contribution in [1.82, 2.24) is 5.32 Å². The Kier molecular flexibility index (Phi) is 8.42. The summed E-state index contributed by atoms with van der Waals surface area (Å²) in [6.45, 7) is 0.610. The molecule has 0 saturated heterocycles. The number of nitrogens with two attached hydrogens (primary N) is 1. The van der Waals surface area contributed by atoms with E-state index in [1.54, 1.807) is 24.3 Å². The van der Waals surface area contributed by atoms with Gasteiger partial charge in [0.1, 0.15) is 6.04 Å². The Hall–Kier alpha value is -2.93. The second-order valence-corrected chi connectivity index (χ2v) is 6.79. The van der Waals surface area contributed by atoms with Gasteiger partial charge in [0.15, 0.2) is 0 Å². The van der Waals surface area contributed by atoms with Gasteiger partial charge in [-0.15, -0.1) is 0 Å². The minimum atomic E-state index is -1.04. The number of hydrogen-bond acceptors (Lipinski definition) is 4. The average Bonchev–Trinajstić information content (AvgIpc) is 3.20. The molecule has 0 aromatic heterocycles. The highest BCUT2D eigenvalue weighted by Gasteiger charge is 2.13. The van der Waals surface area contributed by atoms with Crippen molar-refractivity contribution >= 4 is 23.5 Å². The smallest absolute Gasteiger partial charge is 0.320 e. The fraction of sp³-hybridized carbons (Fsp3) is 0.381. The van der Waals surface area contributed by atoms with Crippen molar-refractivity contribution in [3.8, 4) is 0 Å². The molecule has 1 aromatic rings. The predicted octanol–water partition coefficient (Wildman–Crippen LogP) is 2.00. The summed E-state index contributed by atoms with van der Waals surface area (Å²) < 4.78 is 0. The third-order valence-electron chi connectivity index (χ3n) is 4.44. The number of unbranched alkanes of at least 4 members (excludes halogenated alkanes) is 2. The summed E-state index contributed by atoms with van der Waals surface area (Å²) in [5.74, 6) is -1.25. The molecule has 0 saturated carbocycles. The molecule has 150 valence electrons. The Labute approximate surface area is 164 Å². The van der Waals surface area contributed by atoms with Crippen molar-refractivity contribution < 1.29 is 19.5 Å². The number of amides is 2. The van der Waals surface area contributed by atoms with Gasteiger partial charge in [0.25, 0.3) is 0 Å². The van der Waals surface area contributed by atoms with Gasteiger partial charge in [-0.05, 0) is 37.0 Å². The third kappa shape index (κ3) is 7.36. The Morgan fingerprint density at radius 1 is 1.04 bits per heavy atom. The van der Waals surface area contributed by atoms with Gasteiger partial charge in [-0.2, -0.15) is 0 Å². The topological polar surface area (TPSA) is 122 Å². The van der Waals surface area contributed by atoms with Gasteiger partial charge in [-0.25, -0.2) is 0 Å². The molecular weight excluding hydrogens is 358 g/mol. The van der Waals surface area contributed by atoms with Gasteiger partial charge in [0.05, 0.1) is 5.92 Å². The normalized spacial score (nSPS) is 14.0. The van der Waals surface area contributed by atoms with Gasteiger partial charge in [0.2, 0.25) is 11.8 Å². The molecule has 0 spiro atoms. The molecule has 0 heterocycles. The number of aliphatic carboxylic acids is 1. The second kappa shape index (κ2) is 11.0. The van der Waals surface area contributed by atoms with E-state index in [4.69, 9.17) is 10.8 Å². The van der Waals surface area contributed by atoms with Crippen molar-refractivity contribution in [3.63, 3.8) is 0 Å². The van der Waals surface area contributed by atoms with Crippen LogP contribution in [-0.2, 0) is 20.8 Å². The van der Waals surface area contributed by atoms with Crippen molar-refractivity contribution in [2.75, 3.05) is 11.9 Å². The lowest BCUT2D eigenvalue weighted by Crippen LogP contribution is -2.32. The molecule has 1 aliphatic carbocycles. The highest BCUT2D eigenvalue weighted by Crippen LogP contribution is 2.12. The third-order valence-corrected chi connectivity index (χ3v) is 4.44. The average molecular weight is 385 g/mol. The van der Waals surface area contributed by atoms with Gasteiger partial charge < -0.3 is 21.5 Å². The summed E-state index contributed by atoms with van der Waals surface area (Å²) >= 11 is 0. The van der Waals surface area contributed by atoms with Crippen LogP contribution in [0.2, 0.25) is 0 Å². The van der Waals surface area contributed by atoms with Gasteiger partial charge in [-0.1, -0.05) is 42.9 Å². The quantitative estimate of drug-likeness (QED) is 0.434.